The monoisotopic (exact) mass is 478 g/mol. The first-order valence-corrected chi connectivity index (χ1v) is 3.63. The van der Waals surface area contributed by atoms with Crippen molar-refractivity contribution in [1.29, 1.82) is 0 Å². The van der Waals surface area contributed by atoms with E-state index in [-0.39, 0.29) is 49.9 Å². The van der Waals surface area contributed by atoms with Gasteiger partial charge in [0.25, 0.3) is 0 Å². The first-order valence-electron chi connectivity index (χ1n) is 3.63. The van der Waals surface area contributed by atoms with Gasteiger partial charge in [-0.15, -0.1) is 0 Å². The van der Waals surface area contributed by atoms with Crippen LogP contribution in [0, 0.1) is 0 Å². The number of hydrogen-bond donors (Lipinski definition) is 0. The molecule has 0 saturated carbocycles. The van der Waals surface area contributed by atoms with Crippen LogP contribution in [0.5, 0.6) is 0 Å². The van der Waals surface area contributed by atoms with Crippen molar-refractivity contribution in [1.82, 2.24) is 0 Å². The van der Waals surface area contributed by atoms with Crippen LogP contribution in [0.3, 0.4) is 0 Å². The van der Waals surface area contributed by atoms with E-state index < -0.39 is 23.9 Å². The second-order valence-corrected chi connectivity index (χ2v) is 1.97. The zero-order valence-electron chi connectivity index (χ0n) is 10.9. The van der Waals surface area contributed by atoms with Gasteiger partial charge in [0, 0.05) is 23.9 Å². The van der Waals surface area contributed by atoms with Gasteiger partial charge in [-0.3, -0.25) is 0 Å². The van der Waals surface area contributed by atoms with Gasteiger partial charge in [0.15, 0.2) is 0 Å². The Labute approximate surface area is 141 Å². The standard InChI is InChI=1S/4C2H4O2.2H2O.2Rh/c4*1-2(3)4;;;;/h4*1H3,(H,3,4);2*1H2;;/q;;;;;;2*+3/p-4. The molecule has 0 amide bonds. The van der Waals surface area contributed by atoms with Gasteiger partial charge >= 0.3 is 39.0 Å². The van der Waals surface area contributed by atoms with Crippen LogP contribution in [0.25, 0.3) is 0 Å². The van der Waals surface area contributed by atoms with Crippen molar-refractivity contribution < 1.29 is 89.5 Å². The van der Waals surface area contributed by atoms with Crippen LogP contribution in [0.2, 0.25) is 0 Å². The van der Waals surface area contributed by atoms with E-state index in [1.54, 1.807) is 0 Å². The largest absolute Gasteiger partial charge is 3.00 e. The molecule has 10 nitrogen and oxygen atoms in total. The topological polar surface area (TPSA) is 224 Å². The first kappa shape index (κ1) is 50.8. The Balaban J connectivity index is -0.0000000150. The fourth-order valence-corrected chi connectivity index (χ4v) is 0. The van der Waals surface area contributed by atoms with E-state index in [0.29, 0.717) is 0 Å². The van der Waals surface area contributed by atoms with Gasteiger partial charge in [0.1, 0.15) is 0 Å². The molecule has 0 spiro atoms. The zero-order chi connectivity index (χ0) is 14.3. The van der Waals surface area contributed by atoms with Crippen LogP contribution in [0.15, 0.2) is 0 Å². The molecular formula is C8H16O10Rh2+2. The maximum Gasteiger partial charge on any atom is 3.00 e. The number of carboxylic acids is 4. The van der Waals surface area contributed by atoms with Crippen molar-refractivity contribution in [2.75, 3.05) is 0 Å². The summed E-state index contributed by atoms with van der Waals surface area (Å²) in [5.74, 6) is -4.33. The van der Waals surface area contributed by atoms with Crippen molar-refractivity contribution in [2.45, 2.75) is 27.7 Å². The molecule has 0 aliphatic rings. The van der Waals surface area contributed by atoms with Crippen molar-refractivity contribution in [3.8, 4) is 0 Å². The quantitative estimate of drug-likeness (QED) is 0.304. The summed E-state index contributed by atoms with van der Waals surface area (Å²) in [6.07, 6.45) is 0. The smallest absolute Gasteiger partial charge is 0.550 e. The number of carbonyl (C=O) groups is 4. The predicted octanol–water partition coefficient (Wildman–Crippen LogP) is -6.63. The Bertz CT molecular complexity index is 167. The molecule has 0 fully saturated rings. The first-order chi connectivity index (χ1) is 6.93. The summed E-state index contributed by atoms with van der Waals surface area (Å²) < 4.78 is 0. The van der Waals surface area contributed by atoms with Crippen LogP contribution >= 0.6 is 0 Å². The molecule has 0 unspecified atom stereocenters. The van der Waals surface area contributed by atoms with E-state index in [9.17, 15) is 0 Å². The molecule has 0 atom stereocenters. The van der Waals surface area contributed by atoms with Gasteiger partial charge in [-0.1, -0.05) is 0 Å². The number of hydrogen-bond acceptors (Lipinski definition) is 8. The van der Waals surface area contributed by atoms with Crippen molar-refractivity contribution in [3.63, 3.8) is 0 Å². The number of carbonyl (C=O) groups excluding carboxylic acids is 4. The third-order valence-corrected chi connectivity index (χ3v) is 0. The molecule has 124 valence electrons. The SMILES string of the molecule is CC(=O)[O-].CC(=O)[O-].CC(=O)[O-].CC(=O)[O-].O.O.[Rh+3].[Rh+3]. The molecule has 20 heavy (non-hydrogen) atoms. The fraction of sp³-hybridized carbons (Fsp3) is 0.500. The molecule has 0 rings (SSSR count). The number of rotatable bonds is 0. The fourth-order valence-electron chi connectivity index (χ4n) is 0. The minimum absolute atomic E-state index is 0. The molecule has 0 aliphatic carbocycles. The Kier molecular flexibility index (Phi) is 109. The minimum Gasteiger partial charge on any atom is -0.550 e. The normalized spacial score (nSPS) is 5.00. The van der Waals surface area contributed by atoms with Gasteiger partial charge in [0.2, 0.25) is 0 Å². The Morgan fingerprint density at radius 2 is 0.500 bits per heavy atom. The van der Waals surface area contributed by atoms with Crippen molar-refractivity contribution >= 4 is 23.9 Å². The molecule has 0 bridgehead atoms. The van der Waals surface area contributed by atoms with Crippen LogP contribution in [-0.4, -0.2) is 34.8 Å². The molecule has 0 heterocycles. The maximum absolute atomic E-state index is 8.89. The molecule has 0 radical (unpaired) electrons. The zero-order valence-corrected chi connectivity index (χ0v) is 14.2. The summed E-state index contributed by atoms with van der Waals surface area (Å²) in [5.41, 5.74) is 0. The van der Waals surface area contributed by atoms with Crippen molar-refractivity contribution in [2.24, 2.45) is 0 Å². The average Bonchev–Trinajstić information content (AvgIpc) is 1.76. The van der Waals surface area contributed by atoms with Gasteiger partial charge in [-0.25, -0.2) is 0 Å². The van der Waals surface area contributed by atoms with Crippen LogP contribution in [-0.2, 0) is 58.1 Å². The van der Waals surface area contributed by atoms with Gasteiger partial charge in [-0.2, -0.15) is 0 Å². The van der Waals surface area contributed by atoms with E-state index in [1.165, 1.54) is 0 Å². The average molecular weight is 478 g/mol. The van der Waals surface area contributed by atoms with E-state index in [1.807, 2.05) is 0 Å². The van der Waals surface area contributed by atoms with Crippen LogP contribution in [0.1, 0.15) is 27.7 Å². The molecular weight excluding hydrogens is 462 g/mol. The second-order valence-electron chi connectivity index (χ2n) is 1.97. The molecule has 0 saturated heterocycles. The Morgan fingerprint density at radius 3 is 0.500 bits per heavy atom. The second kappa shape index (κ2) is 43.0. The third-order valence-electron chi connectivity index (χ3n) is 0. The minimum atomic E-state index is -1.08. The number of carboxylic acid groups (broad SMARTS) is 4. The Morgan fingerprint density at radius 1 is 0.500 bits per heavy atom. The summed E-state index contributed by atoms with van der Waals surface area (Å²) in [4.78, 5) is 35.6. The van der Waals surface area contributed by atoms with Crippen molar-refractivity contribution in [3.05, 3.63) is 0 Å². The Hall–Kier alpha value is -0.953. The van der Waals surface area contributed by atoms with E-state index in [2.05, 4.69) is 0 Å². The maximum atomic E-state index is 8.89. The van der Waals surface area contributed by atoms with Gasteiger partial charge in [0.05, 0.1) is 0 Å². The summed E-state index contributed by atoms with van der Waals surface area (Å²) >= 11 is 0. The molecule has 4 N–H and O–H groups in total. The number of aliphatic carboxylic acids is 4. The van der Waals surface area contributed by atoms with Gasteiger partial charge < -0.3 is 50.6 Å². The summed E-state index contributed by atoms with van der Waals surface area (Å²) in [6.45, 7) is 3.89. The molecule has 0 aromatic heterocycles. The molecule has 0 aromatic carbocycles. The summed E-state index contributed by atoms with van der Waals surface area (Å²) in [6, 6.07) is 0. The predicted molar refractivity (Wildman–Crippen MR) is 50.0 cm³/mol. The van der Waals surface area contributed by atoms with Crippen LogP contribution in [0.4, 0.5) is 0 Å². The summed E-state index contributed by atoms with van der Waals surface area (Å²) in [7, 11) is 0. The van der Waals surface area contributed by atoms with Gasteiger partial charge in [-0.05, 0) is 27.7 Å². The van der Waals surface area contributed by atoms with E-state index in [4.69, 9.17) is 39.6 Å². The van der Waals surface area contributed by atoms with E-state index in [0.717, 1.165) is 27.7 Å². The molecule has 12 heteroatoms. The summed E-state index contributed by atoms with van der Waals surface area (Å²) in [5, 5.41) is 35.6. The molecule has 0 aromatic rings. The third kappa shape index (κ3) is 4830. The van der Waals surface area contributed by atoms with Crippen LogP contribution < -0.4 is 20.4 Å². The molecule has 0 aliphatic heterocycles. The van der Waals surface area contributed by atoms with E-state index >= 15 is 0 Å².